The number of hydrogen-bond donors (Lipinski definition) is 0. The molecular formula is C71H97N3O12Si2. The monoisotopic (exact) mass is 1240 g/mol. The molecule has 0 saturated carbocycles. The molecule has 0 aromatic heterocycles. The van der Waals surface area contributed by atoms with E-state index in [4.69, 9.17) is 43.4 Å². The molecule has 0 bridgehead atoms. The quantitative estimate of drug-likeness (QED) is 0.0105. The lowest BCUT2D eigenvalue weighted by Crippen LogP contribution is -2.37. The summed E-state index contributed by atoms with van der Waals surface area (Å²) in [6.07, 6.45) is 14.0. The molecule has 0 spiro atoms. The first kappa shape index (κ1) is 72.1. The van der Waals surface area contributed by atoms with Crippen LogP contribution in [0.3, 0.4) is 0 Å². The summed E-state index contributed by atoms with van der Waals surface area (Å²) in [6, 6.07) is 27.6. The summed E-state index contributed by atoms with van der Waals surface area (Å²) in [5.41, 5.74) is 16.2. The molecule has 2 unspecified atom stereocenters. The Morgan fingerprint density at radius 2 is 0.966 bits per heavy atom. The summed E-state index contributed by atoms with van der Waals surface area (Å²) in [7, 11) is -2.67. The highest BCUT2D eigenvalue weighted by Gasteiger charge is 2.47. The van der Waals surface area contributed by atoms with E-state index in [1.54, 1.807) is 42.5 Å². The van der Waals surface area contributed by atoms with Gasteiger partial charge in [-0.05, 0) is 156 Å². The Hall–Kier alpha value is -6.70. The second kappa shape index (κ2) is 33.2. The minimum Gasteiger partial charge on any atom is -0.462 e. The molecule has 0 N–H and O–H groups in total. The van der Waals surface area contributed by atoms with Crippen molar-refractivity contribution < 1.29 is 57.1 Å². The van der Waals surface area contributed by atoms with Gasteiger partial charge in [-0.25, -0.2) is 19.2 Å². The summed E-state index contributed by atoms with van der Waals surface area (Å²) in [5, 5.41) is 3.65. The van der Waals surface area contributed by atoms with Crippen LogP contribution in [0.4, 0.5) is 0 Å². The summed E-state index contributed by atoms with van der Waals surface area (Å²) >= 11 is 0. The number of nitrogens with zero attached hydrogens (tertiary/aromatic N) is 3. The average molecular weight is 1240 g/mol. The average Bonchev–Trinajstić information content (AvgIpc) is 2.53. The van der Waals surface area contributed by atoms with Crippen LogP contribution in [0.2, 0.25) is 51.4 Å². The van der Waals surface area contributed by atoms with Crippen LogP contribution in [0, 0.1) is 39.5 Å². The van der Waals surface area contributed by atoms with Crippen molar-refractivity contribution >= 4 is 52.2 Å². The Balaban J connectivity index is 0.000000321. The first-order valence-corrected chi connectivity index (χ1v) is 38.3. The normalized spacial score (nSPS) is 19.6. The van der Waals surface area contributed by atoms with Crippen molar-refractivity contribution in [2.75, 3.05) is 19.8 Å². The number of esters is 4. The lowest BCUT2D eigenvalue weighted by atomic mass is 9.97. The minimum atomic E-state index is -1.35. The molecule has 15 nitrogen and oxygen atoms in total. The first-order valence-electron chi connectivity index (χ1n) is 30.9. The van der Waals surface area contributed by atoms with Gasteiger partial charge >= 0.3 is 23.9 Å². The number of azide groups is 1. The number of aryl methyl sites for hydroxylation is 4. The molecular weight excluding hydrogens is 1140 g/mol. The predicted octanol–water partition coefficient (Wildman–Crippen LogP) is 17.0. The first-order chi connectivity index (χ1) is 41.4. The molecule has 0 amide bonds. The third-order valence-electron chi connectivity index (χ3n) is 14.9. The Kier molecular flexibility index (Phi) is 27.2. The summed E-state index contributed by atoms with van der Waals surface area (Å²) in [6.45, 7) is 36.1. The molecule has 476 valence electrons. The van der Waals surface area contributed by atoms with E-state index in [9.17, 15) is 19.2 Å². The lowest BCUT2D eigenvalue weighted by molar-refractivity contribution is -0.153. The van der Waals surface area contributed by atoms with Crippen molar-refractivity contribution in [2.24, 2.45) is 17.0 Å². The zero-order chi connectivity index (χ0) is 65.0. The molecule has 17 heteroatoms. The molecule has 4 aromatic carbocycles. The van der Waals surface area contributed by atoms with Gasteiger partial charge in [-0.3, -0.25) is 0 Å². The zero-order valence-corrected chi connectivity index (χ0v) is 57.2. The molecule has 4 aromatic rings. The third-order valence-corrected chi connectivity index (χ3v) is 18.3. The summed E-state index contributed by atoms with van der Waals surface area (Å²) < 4.78 is 48.7. The topological polar surface area (TPSA) is 191 Å². The van der Waals surface area contributed by atoms with Gasteiger partial charge in [0.2, 0.25) is 0 Å². The van der Waals surface area contributed by atoms with Crippen molar-refractivity contribution in [3.05, 3.63) is 187 Å². The van der Waals surface area contributed by atoms with Gasteiger partial charge in [0.05, 0.1) is 47.7 Å². The fraction of sp³-hybridized carbons (Fsp3) is 0.493. The van der Waals surface area contributed by atoms with Crippen LogP contribution in [-0.4, -0.2) is 108 Å². The van der Waals surface area contributed by atoms with Crippen molar-refractivity contribution in [3.8, 4) is 0 Å². The number of carbonyl (C=O) groups is 4. The van der Waals surface area contributed by atoms with E-state index >= 15 is 0 Å². The van der Waals surface area contributed by atoms with Crippen molar-refractivity contribution in [2.45, 2.75) is 195 Å². The number of hydrogen-bond acceptors (Lipinski definition) is 13. The maximum absolute atomic E-state index is 13.2. The van der Waals surface area contributed by atoms with Gasteiger partial charge in [0, 0.05) is 27.6 Å². The largest absolute Gasteiger partial charge is 0.462 e. The number of ether oxygens (including phenoxy) is 8. The highest BCUT2D eigenvalue weighted by atomic mass is 28.3. The zero-order valence-electron chi connectivity index (χ0n) is 55.2. The van der Waals surface area contributed by atoms with Crippen molar-refractivity contribution in [1.82, 2.24) is 0 Å². The van der Waals surface area contributed by atoms with Gasteiger partial charge in [-0.15, -0.1) is 0 Å². The highest BCUT2D eigenvalue weighted by Crippen LogP contribution is 2.36. The van der Waals surface area contributed by atoms with Gasteiger partial charge in [0.25, 0.3) is 0 Å². The van der Waals surface area contributed by atoms with Crippen LogP contribution < -0.4 is 0 Å². The lowest BCUT2D eigenvalue weighted by Gasteiger charge is -2.24. The van der Waals surface area contributed by atoms with Gasteiger partial charge in [0.1, 0.15) is 24.4 Å². The van der Waals surface area contributed by atoms with E-state index in [0.717, 1.165) is 51.9 Å². The van der Waals surface area contributed by atoms with E-state index in [1.807, 2.05) is 147 Å². The molecule has 2 saturated heterocycles. The minimum absolute atomic E-state index is 0.0824. The fourth-order valence-electron chi connectivity index (χ4n) is 10.1. The van der Waals surface area contributed by atoms with Gasteiger partial charge in [-0.1, -0.05) is 180 Å². The molecule has 2 aliphatic heterocycles. The third kappa shape index (κ3) is 23.7. The molecule has 2 fully saturated rings. The number of benzene rings is 4. The molecule has 6 rings (SSSR count). The Labute approximate surface area is 525 Å². The van der Waals surface area contributed by atoms with E-state index in [0.29, 0.717) is 54.2 Å². The summed E-state index contributed by atoms with van der Waals surface area (Å²) in [4.78, 5) is 55.4. The van der Waals surface area contributed by atoms with Crippen LogP contribution in [0.25, 0.3) is 22.6 Å². The molecule has 8 atom stereocenters. The highest BCUT2D eigenvalue weighted by molar-refractivity contribution is 6.76. The van der Waals surface area contributed by atoms with Crippen LogP contribution in [0.5, 0.6) is 0 Å². The second-order valence-electron chi connectivity index (χ2n) is 26.6. The number of allylic oxidation sites excluding steroid dienone is 1. The van der Waals surface area contributed by atoms with Crippen LogP contribution in [0.1, 0.15) is 143 Å². The Morgan fingerprint density at radius 1 is 0.580 bits per heavy atom. The maximum Gasteiger partial charge on any atom is 0.338 e. The predicted molar refractivity (Wildman–Crippen MR) is 356 cm³/mol. The van der Waals surface area contributed by atoms with Crippen LogP contribution in [0.15, 0.2) is 126 Å². The molecule has 0 aliphatic carbocycles. The van der Waals surface area contributed by atoms with Gasteiger partial charge in [0.15, 0.2) is 11.6 Å². The summed E-state index contributed by atoms with van der Waals surface area (Å²) in [5.74, 6) is -3.04. The van der Waals surface area contributed by atoms with Crippen molar-refractivity contribution in [3.63, 3.8) is 0 Å². The molecule has 88 heavy (non-hydrogen) atoms. The fourth-order valence-corrected chi connectivity index (χ4v) is 11.5. The molecule has 2 aliphatic rings. The SMILES string of the molecule is CC[C@@H](C)/C=C\C(OC(=O)c1ccccc1)[C@H]1OC(C)(C)O[C@H]1C/C=C/c1cc(C)cc(C)c1C(=O)OCC[Si](C)(C)C.Cc1cc(C)c(C(=O)OCC[Si](C)(C)C)c(/C=C/C[C@@H]2OC(C)(C)O[C@@H]2C(/C=C\[C@H](C)CN=[N+]=[N-])OC(=O)c2ccccc2)c1. The van der Waals surface area contributed by atoms with E-state index in [2.05, 4.69) is 69.2 Å². The van der Waals surface area contributed by atoms with Crippen LogP contribution >= 0.6 is 0 Å². The number of carbonyl (C=O) groups excluding carboxylic acids is 4. The molecule has 0 radical (unpaired) electrons. The van der Waals surface area contributed by atoms with E-state index in [1.165, 1.54) is 0 Å². The smallest absolute Gasteiger partial charge is 0.338 e. The van der Waals surface area contributed by atoms with Crippen molar-refractivity contribution in [1.29, 1.82) is 0 Å². The second-order valence-corrected chi connectivity index (χ2v) is 37.8. The standard InChI is InChI=1S/C36H50O6Si.C35H47N3O6Si/c1-10-25(2)19-20-30(40-34(37)28-15-12-11-13-16-28)33-31(41-36(5,6)42-33)18-14-17-29-24-26(3)23-27(4)32(29)35(38)39-21-22-43(7,8)9;1-24(23-37-38-36)17-18-29(42-33(39)27-13-10-9-11-14-27)32-30(43-35(4,5)44-32)16-12-15-28-22-25(2)21-26(3)31(28)34(40)41-19-20-45(6,7)8/h11-17,19-20,23-25,30-31,33H,10,18,21-22H2,1-9H3;9-15,17-18,21-22,24,29-30,32H,16,19-20,23H2,1-8H3/b17-14+,20-19-;15-12+,18-17-/t25-,30?,31+,33-;24-,29?,30-,32+/m10/s1. The molecule has 2 heterocycles. The number of rotatable bonds is 27. The maximum atomic E-state index is 13.2. The Morgan fingerprint density at radius 3 is 1.33 bits per heavy atom. The van der Waals surface area contributed by atoms with Crippen LogP contribution in [-0.2, 0) is 37.9 Å². The van der Waals surface area contributed by atoms with E-state index < -0.39 is 70.2 Å². The van der Waals surface area contributed by atoms with Gasteiger partial charge < -0.3 is 37.9 Å². The van der Waals surface area contributed by atoms with E-state index in [-0.39, 0.29) is 30.5 Å². The Bertz CT molecular complexity index is 3140. The van der Waals surface area contributed by atoms with Gasteiger partial charge in [-0.2, -0.15) is 0 Å².